The average molecular weight is 307 g/mol. The molecule has 23 heavy (non-hydrogen) atoms. The summed E-state index contributed by atoms with van der Waals surface area (Å²) in [6.07, 6.45) is 7.44. The van der Waals surface area contributed by atoms with Gasteiger partial charge in [0.05, 0.1) is 0 Å². The largest absolute Gasteiger partial charge is 0.508 e. The first-order valence-electron chi connectivity index (χ1n) is 8.89. The molecule has 2 nitrogen and oxygen atoms in total. The molecule has 2 aliphatic carbocycles. The Morgan fingerprint density at radius 1 is 1.00 bits per heavy atom. The van der Waals surface area contributed by atoms with Crippen molar-refractivity contribution in [1.29, 1.82) is 0 Å². The van der Waals surface area contributed by atoms with Gasteiger partial charge >= 0.3 is 0 Å². The highest BCUT2D eigenvalue weighted by Crippen LogP contribution is 2.31. The van der Waals surface area contributed by atoms with Gasteiger partial charge in [0.25, 0.3) is 0 Å². The predicted molar refractivity (Wildman–Crippen MR) is 93.6 cm³/mol. The maximum absolute atomic E-state index is 9.96. The van der Waals surface area contributed by atoms with Gasteiger partial charge in [-0.2, -0.15) is 0 Å². The van der Waals surface area contributed by atoms with Crippen LogP contribution in [0.25, 0.3) is 0 Å². The highest BCUT2D eigenvalue weighted by Gasteiger charge is 2.23. The van der Waals surface area contributed by atoms with Crippen LogP contribution in [0.1, 0.15) is 41.5 Å². The van der Waals surface area contributed by atoms with E-state index < -0.39 is 0 Å². The van der Waals surface area contributed by atoms with Gasteiger partial charge in [-0.3, -0.25) is 0 Å². The lowest BCUT2D eigenvalue weighted by molar-refractivity contribution is 0.314. The summed E-state index contributed by atoms with van der Waals surface area (Å²) in [6.45, 7) is 0.915. The van der Waals surface area contributed by atoms with E-state index in [-0.39, 0.29) is 0 Å². The highest BCUT2D eigenvalue weighted by molar-refractivity contribution is 5.43. The molecule has 2 aromatic rings. The van der Waals surface area contributed by atoms with Crippen molar-refractivity contribution in [3.8, 4) is 5.75 Å². The lowest BCUT2D eigenvalue weighted by Crippen LogP contribution is -2.29. The minimum atomic E-state index is 0.439. The normalized spacial score (nSPS) is 20.3. The van der Waals surface area contributed by atoms with E-state index in [1.165, 1.54) is 42.4 Å². The van der Waals surface area contributed by atoms with Crippen LogP contribution in [0, 0.1) is 5.92 Å². The van der Waals surface area contributed by atoms with E-state index in [1.54, 1.807) is 6.07 Å². The van der Waals surface area contributed by atoms with E-state index in [1.807, 2.05) is 6.07 Å². The molecule has 2 heteroatoms. The third-order valence-electron chi connectivity index (χ3n) is 5.50. The van der Waals surface area contributed by atoms with Gasteiger partial charge in [0, 0.05) is 12.6 Å². The first-order chi connectivity index (χ1) is 11.3. The zero-order valence-electron chi connectivity index (χ0n) is 13.6. The Balaban J connectivity index is 1.35. The summed E-state index contributed by atoms with van der Waals surface area (Å²) < 4.78 is 0. The second kappa shape index (κ2) is 6.37. The highest BCUT2D eigenvalue weighted by atomic mass is 16.3. The number of hydrogen-bond acceptors (Lipinski definition) is 2. The number of rotatable bonds is 5. The quantitative estimate of drug-likeness (QED) is 0.875. The minimum absolute atomic E-state index is 0.439. The Morgan fingerprint density at radius 3 is 2.61 bits per heavy atom. The summed E-state index contributed by atoms with van der Waals surface area (Å²) in [5.74, 6) is 1.37. The number of hydrogen-bond donors (Lipinski definition) is 2. The Labute approximate surface area is 138 Å². The summed E-state index contributed by atoms with van der Waals surface area (Å²) >= 11 is 0. The zero-order valence-corrected chi connectivity index (χ0v) is 13.6. The van der Waals surface area contributed by atoms with Crippen LogP contribution in [0.15, 0.2) is 42.5 Å². The number of benzene rings is 2. The van der Waals surface area contributed by atoms with E-state index in [2.05, 4.69) is 35.6 Å². The molecule has 0 aliphatic heterocycles. The molecule has 2 aromatic carbocycles. The molecule has 0 aromatic heterocycles. The van der Waals surface area contributed by atoms with Crippen LogP contribution in [0.2, 0.25) is 0 Å². The molecule has 0 amide bonds. The van der Waals surface area contributed by atoms with Gasteiger partial charge in [-0.15, -0.1) is 0 Å². The van der Waals surface area contributed by atoms with Crippen molar-refractivity contribution in [3.63, 3.8) is 0 Å². The van der Waals surface area contributed by atoms with Crippen LogP contribution in [0.4, 0.5) is 0 Å². The Morgan fingerprint density at radius 2 is 1.83 bits per heavy atom. The van der Waals surface area contributed by atoms with Gasteiger partial charge in [0.15, 0.2) is 0 Å². The lowest BCUT2D eigenvalue weighted by atomic mass is 9.81. The van der Waals surface area contributed by atoms with E-state index in [9.17, 15) is 5.11 Å². The van der Waals surface area contributed by atoms with Crippen molar-refractivity contribution in [2.45, 2.75) is 51.1 Å². The van der Waals surface area contributed by atoms with Crippen molar-refractivity contribution in [2.75, 3.05) is 0 Å². The van der Waals surface area contributed by atoms with Crippen LogP contribution < -0.4 is 5.32 Å². The van der Waals surface area contributed by atoms with Crippen molar-refractivity contribution < 1.29 is 5.11 Å². The van der Waals surface area contributed by atoms with E-state index >= 15 is 0 Å². The average Bonchev–Trinajstić information content (AvgIpc) is 2.94. The SMILES string of the molecule is Oc1cccc2c1CC(NCc1cccc(CC3CCC3)c1)C2. The van der Waals surface area contributed by atoms with Crippen molar-refractivity contribution in [3.05, 3.63) is 64.7 Å². The summed E-state index contributed by atoms with van der Waals surface area (Å²) in [5, 5.41) is 13.6. The van der Waals surface area contributed by atoms with Crippen LogP contribution >= 0.6 is 0 Å². The summed E-state index contributed by atoms with van der Waals surface area (Å²) in [4.78, 5) is 0. The molecule has 2 aliphatic rings. The molecule has 0 radical (unpaired) electrons. The fraction of sp³-hybridized carbons (Fsp3) is 0.429. The van der Waals surface area contributed by atoms with Crippen LogP contribution in [-0.4, -0.2) is 11.1 Å². The first kappa shape index (κ1) is 14.8. The third-order valence-corrected chi connectivity index (χ3v) is 5.50. The number of nitrogens with one attached hydrogen (secondary N) is 1. The molecule has 4 rings (SSSR count). The van der Waals surface area contributed by atoms with Gasteiger partial charge < -0.3 is 10.4 Å². The van der Waals surface area contributed by atoms with Gasteiger partial charge in [0.1, 0.15) is 5.75 Å². The molecule has 0 saturated heterocycles. The number of phenolic OH excluding ortho intramolecular Hbond substituents is 1. The standard InChI is InChI=1S/C21H25NO/c23-21-9-3-8-18-12-19(13-20(18)21)22-14-17-7-2-6-16(11-17)10-15-4-1-5-15/h2-3,6-9,11,15,19,22-23H,1,4-5,10,12-14H2. The van der Waals surface area contributed by atoms with Crippen LogP contribution in [-0.2, 0) is 25.8 Å². The van der Waals surface area contributed by atoms with E-state index in [0.717, 1.165) is 30.9 Å². The van der Waals surface area contributed by atoms with Gasteiger partial charge in [0.2, 0.25) is 0 Å². The predicted octanol–water partition coefficient (Wildman–Crippen LogP) is 3.99. The monoisotopic (exact) mass is 307 g/mol. The topological polar surface area (TPSA) is 32.3 Å². The lowest BCUT2D eigenvalue weighted by Gasteiger charge is -2.25. The molecule has 1 saturated carbocycles. The Hall–Kier alpha value is -1.80. The van der Waals surface area contributed by atoms with Crippen molar-refractivity contribution in [1.82, 2.24) is 5.32 Å². The summed E-state index contributed by atoms with van der Waals surface area (Å²) in [5.41, 5.74) is 5.29. The second-order valence-electron chi connectivity index (χ2n) is 7.22. The van der Waals surface area contributed by atoms with Crippen molar-refractivity contribution in [2.24, 2.45) is 5.92 Å². The first-order valence-corrected chi connectivity index (χ1v) is 8.89. The number of phenols is 1. The number of fused-ring (bicyclic) bond motifs is 1. The zero-order chi connectivity index (χ0) is 15.6. The van der Waals surface area contributed by atoms with Gasteiger partial charge in [-0.25, -0.2) is 0 Å². The van der Waals surface area contributed by atoms with E-state index in [4.69, 9.17) is 0 Å². The molecule has 120 valence electrons. The molecule has 0 heterocycles. The molecule has 2 N–H and O–H groups in total. The molecular weight excluding hydrogens is 282 g/mol. The maximum atomic E-state index is 9.96. The van der Waals surface area contributed by atoms with E-state index in [0.29, 0.717) is 11.8 Å². The van der Waals surface area contributed by atoms with Crippen LogP contribution in [0.3, 0.4) is 0 Å². The Kier molecular flexibility index (Phi) is 4.09. The van der Waals surface area contributed by atoms with Gasteiger partial charge in [-0.05, 0) is 53.5 Å². The fourth-order valence-corrected chi connectivity index (χ4v) is 3.94. The molecule has 0 bridgehead atoms. The second-order valence-corrected chi connectivity index (χ2v) is 7.22. The molecular formula is C21H25NO. The smallest absolute Gasteiger partial charge is 0.119 e. The van der Waals surface area contributed by atoms with Crippen LogP contribution in [0.5, 0.6) is 5.75 Å². The minimum Gasteiger partial charge on any atom is -0.508 e. The molecule has 1 fully saturated rings. The van der Waals surface area contributed by atoms with Crippen molar-refractivity contribution >= 4 is 0 Å². The number of aromatic hydroxyl groups is 1. The fourth-order valence-electron chi connectivity index (χ4n) is 3.94. The molecule has 1 unspecified atom stereocenters. The Bertz CT molecular complexity index is 690. The summed E-state index contributed by atoms with van der Waals surface area (Å²) in [7, 11) is 0. The molecule has 0 spiro atoms. The van der Waals surface area contributed by atoms with Gasteiger partial charge in [-0.1, -0.05) is 55.7 Å². The maximum Gasteiger partial charge on any atom is 0.119 e. The summed E-state index contributed by atoms with van der Waals surface area (Å²) in [6, 6.07) is 15.4. The third kappa shape index (κ3) is 3.28. The molecule has 1 atom stereocenters.